The third-order valence-electron chi connectivity index (χ3n) is 4.17. The van der Waals surface area contributed by atoms with Gasteiger partial charge in [0, 0.05) is 12.1 Å². The molecular weight excluding hydrogens is 416 g/mol. The number of esters is 2. The van der Waals surface area contributed by atoms with Gasteiger partial charge in [-0.2, -0.15) is 0 Å². The van der Waals surface area contributed by atoms with Crippen molar-refractivity contribution in [3.8, 4) is 0 Å². The van der Waals surface area contributed by atoms with Gasteiger partial charge in [0.2, 0.25) is 0 Å². The van der Waals surface area contributed by atoms with Crippen LogP contribution < -0.4 is 10.6 Å². The number of ether oxygens (including phenoxy) is 3. The van der Waals surface area contributed by atoms with Crippen molar-refractivity contribution in [3.63, 3.8) is 0 Å². The van der Waals surface area contributed by atoms with Crippen LogP contribution in [0, 0.1) is 0 Å². The van der Waals surface area contributed by atoms with E-state index in [2.05, 4.69) is 21.9 Å². The average molecular weight is 440 g/mol. The molecule has 0 heterocycles. The maximum absolute atomic E-state index is 12.4. The number of rotatable bonds is 10. The van der Waals surface area contributed by atoms with Crippen LogP contribution in [0.25, 0.3) is 0 Å². The van der Waals surface area contributed by atoms with E-state index in [0.717, 1.165) is 5.56 Å². The molecule has 0 aliphatic heterocycles. The number of carbonyl (C=O) groups excluding carboxylic acids is 4. The van der Waals surface area contributed by atoms with Crippen LogP contribution in [-0.2, 0) is 25.6 Å². The van der Waals surface area contributed by atoms with Gasteiger partial charge in [-0.05, 0) is 29.8 Å². The molecule has 0 radical (unpaired) electrons. The number of nitrogens with one attached hydrogen (secondary N) is 2. The zero-order valence-electron chi connectivity index (χ0n) is 17.5. The summed E-state index contributed by atoms with van der Waals surface area (Å²) in [7, 11) is 1.26. The first kappa shape index (κ1) is 24.1. The van der Waals surface area contributed by atoms with Crippen molar-refractivity contribution < 1.29 is 33.4 Å². The zero-order valence-corrected chi connectivity index (χ0v) is 17.5. The lowest BCUT2D eigenvalue weighted by Crippen LogP contribution is -2.49. The Kier molecular flexibility index (Phi) is 9.45. The Labute approximate surface area is 185 Å². The van der Waals surface area contributed by atoms with Gasteiger partial charge in [0.05, 0.1) is 12.7 Å². The van der Waals surface area contributed by atoms with Crippen molar-refractivity contribution in [3.05, 3.63) is 83.9 Å². The minimum Gasteiger partial charge on any atom is -0.465 e. The Balaban J connectivity index is 1.96. The molecule has 168 valence electrons. The van der Waals surface area contributed by atoms with E-state index in [4.69, 9.17) is 9.47 Å². The fourth-order valence-corrected chi connectivity index (χ4v) is 2.51. The Morgan fingerprint density at radius 3 is 2.25 bits per heavy atom. The van der Waals surface area contributed by atoms with Gasteiger partial charge in [0.15, 0.2) is 0 Å². The molecule has 9 nitrogen and oxygen atoms in total. The predicted molar refractivity (Wildman–Crippen MR) is 115 cm³/mol. The lowest BCUT2D eigenvalue weighted by Gasteiger charge is -2.18. The smallest absolute Gasteiger partial charge is 0.408 e. The van der Waals surface area contributed by atoms with Crippen LogP contribution in [0.1, 0.15) is 26.3 Å². The molecule has 0 fully saturated rings. The summed E-state index contributed by atoms with van der Waals surface area (Å²) in [5.74, 6) is -1.80. The molecule has 1 atom stereocenters. The molecular formula is C23H24N2O7. The molecule has 0 bridgehead atoms. The van der Waals surface area contributed by atoms with Crippen molar-refractivity contribution in [2.75, 3.05) is 20.3 Å². The highest BCUT2D eigenvalue weighted by atomic mass is 16.6. The third kappa shape index (κ3) is 7.60. The van der Waals surface area contributed by atoms with Crippen molar-refractivity contribution in [2.24, 2.45) is 0 Å². The Morgan fingerprint density at radius 1 is 0.969 bits per heavy atom. The van der Waals surface area contributed by atoms with Gasteiger partial charge in [0.25, 0.3) is 5.91 Å². The quantitative estimate of drug-likeness (QED) is 0.330. The summed E-state index contributed by atoms with van der Waals surface area (Å²) in [6.07, 6.45) is 0.538. The summed E-state index contributed by atoms with van der Waals surface area (Å²) in [6, 6.07) is 13.6. The number of amides is 2. The van der Waals surface area contributed by atoms with Crippen molar-refractivity contribution in [1.82, 2.24) is 10.6 Å². The van der Waals surface area contributed by atoms with Crippen LogP contribution in [0.4, 0.5) is 4.79 Å². The van der Waals surface area contributed by atoms with Crippen molar-refractivity contribution in [1.29, 1.82) is 0 Å². The first-order chi connectivity index (χ1) is 15.4. The molecule has 2 aromatic carbocycles. The van der Waals surface area contributed by atoms with Gasteiger partial charge >= 0.3 is 18.0 Å². The predicted octanol–water partition coefficient (Wildman–Crippen LogP) is 2.23. The zero-order chi connectivity index (χ0) is 23.3. The summed E-state index contributed by atoms with van der Waals surface area (Å²) in [6.45, 7) is 3.18. The van der Waals surface area contributed by atoms with Crippen molar-refractivity contribution in [2.45, 2.75) is 12.6 Å². The van der Waals surface area contributed by atoms with E-state index in [-0.39, 0.29) is 30.9 Å². The summed E-state index contributed by atoms with van der Waals surface area (Å²) in [5, 5.41) is 4.93. The Bertz CT molecular complexity index is 943. The molecule has 2 amide bonds. The molecule has 0 spiro atoms. The topological polar surface area (TPSA) is 120 Å². The second-order valence-corrected chi connectivity index (χ2v) is 6.46. The highest BCUT2D eigenvalue weighted by Gasteiger charge is 2.24. The largest absolute Gasteiger partial charge is 0.465 e. The van der Waals surface area contributed by atoms with Gasteiger partial charge in [-0.1, -0.05) is 43.0 Å². The average Bonchev–Trinajstić information content (AvgIpc) is 2.83. The summed E-state index contributed by atoms with van der Waals surface area (Å²) in [4.78, 5) is 48.3. The van der Waals surface area contributed by atoms with Crippen LogP contribution >= 0.6 is 0 Å². The fourth-order valence-electron chi connectivity index (χ4n) is 2.51. The molecule has 0 aliphatic carbocycles. The maximum Gasteiger partial charge on any atom is 0.408 e. The highest BCUT2D eigenvalue weighted by Crippen LogP contribution is 2.06. The number of methoxy groups -OCH3 is 1. The molecule has 2 rings (SSSR count). The van der Waals surface area contributed by atoms with Gasteiger partial charge < -0.3 is 24.8 Å². The third-order valence-corrected chi connectivity index (χ3v) is 4.17. The number of hydrogen-bond donors (Lipinski definition) is 2. The van der Waals surface area contributed by atoms with E-state index in [1.807, 2.05) is 6.07 Å². The summed E-state index contributed by atoms with van der Waals surface area (Å²) in [5.41, 5.74) is 1.32. The minimum atomic E-state index is -1.18. The fraction of sp³-hybridized carbons (Fsp3) is 0.217. The second kappa shape index (κ2) is 12.5. The van der Waals surface area contributed by atoms with Crippen LogP contribution in [0.3, 0.4) is 0 Å². The van der Waals surface area contributed by atoms with Gasteiger partial charge in [-0.25, -0.2) is 14.4 Å². The molecule has 2 aromatic rings. The lowest BCUT2D eigenvalue weighted by atomic mass is 10.1. The molecule has 32 heavy (non-hydrogen) atoms. The lowest BCUT2D eigenvalue weighted by molar-refractivity contribution is -0.144. The highest BCUT2D eigenvalue weighted by molar-refractivity contribution is 5.96. The van der Waals surface area contributed by atoms with E-state index in [9.17, 15) is 19.2 Å². The first-order valence-electron chi connectivity index (χ1n) is 9.66. The van der Waals surface area contributed by atoms with E-state index in [1.54, 1.807) is 24.3 Å². The minimum absolute atomic E-state index is 0.0139. The normalized spacial score (nSPS) is 10.9. The number of benzene rings is 2. The van der Waals surface area contributed by atoms with Gasteiger partial charge in [-0.15, -0.1) is 0 Å². The Morgan fingerprint density at radius 2 is 1.62 bits per heavy atom. The van der Waals surface area contributed by atoms with E-state index >= 15 is 0 Å². The Hall–Kier alpha value is -4.14. The monoisotopic (exact) mass is 440 g/mol. The van der Waals surface area contributed by atoms with Crippen LogP contribution in [0.15, 0.2) is 67.3 Å². The molecule has 0 aromatic heterocycles. The standard InChI is InChI=1S/C23H24N2O7/c1-3-13-31-22(28)19(25-23(29)32-15-16-7-5-4-6-8-16)14-24-20(26)17-9-11-18(12-10-17)21(27)30-2/h3-12,19H,1,13-15H2,2H3,(H,24,26)(H,25,29)/t19-/m0/s1. The maximum atomic E-state index is 12.4. The molecule has 0 saturated carbocycles. The molecule has 0 aliphatic rings. The number of hydrogen-bond acceptors (Lipinski definition) is 7. The van der Waals surface area contributed by atoms with Gasteiger partial charge in [-0.3, -0.25) is 4.79 Å². The van der Waals surface area contributed by atoms with Crippen LogP contribution in [0.5, 0.6) is 0 Å². The summed E-state index contributed by atoms with van der Waals surface area (Å²) < 4.78 is 14.7. The summed E-state index contributed by atoms with van der Waals surface area (Å²) >= 11 is 0. The number of carbonyl (C=O) groups is 4. The molecule has 9 heteroatoms. The molecule has 2 N–H and O–H groups in total. The SMILES string of the molecule is C=CCOC(=O)[C@H](CNC(=O)c1ccc(C(=O)OC)cc1)NC(=O)OCc1ccccc1. The number of alkyl carbamates (subject to hydrolysis) is 1. The second-order valence-electron chi connectivity index (χ2n) is 6.46. The van der Waals surface area contributed by atoms with Crippen LogP contribution in [0.2, 0.25) is 0 Å². The molecule has 0 saturated heterocycles. The first-order valence-corrected chi connectivity index (χ1v) is 9.66. The molecule has 0 unspecified atom stereocenters. The van der Waals surface area contributed by atoms with E-state index in [0.29, 0.717) is 0 Å². The van der Waals surface area contributed by atoms with Crippen LogP contribution in [-0.4, -0.2) is 50.2 Å². The van der Waals surface area contributed by atoms with Crippen molar-refractivity contribution >= 4 is 23.9 Å². The van der Waals surface area contributed by atoms with Gasteiger partial charge in [0.1, 0.15) is 19.3 Å². The van der Waals surface area contributed by atoms with E-state index in [1.165, 1.54) is 37.5 Å². The van der Waals surface area contributed by atoms with E-state index < -0.39 is 30.0 Å².